The normalized spacial score (nSPS) is 15.0. The van der Waals surface area contributed by atoms with Crippen molar-refractivity contribution in [3.8, 4) is 11.1 Å². The van der Waals surface area contributed by atoms with Crippen LogP contribution in [-0.2, 0) is 4.79 Å². The first-order chi connectivity index (χ1) is 17.3. The number of anilines is 1. The second-order valence-corrected chi connectivity index (χ2v) is 9.62. The molecule has 1 aliphatic rings. The number of nitrogens with zero attached hydrogens (tertiary/aromatic N) is 3. The van der Waals surface area contributed by atoms with Gasteiger partial charge in [0, 0.05) is 36.5 Å². The molecule has 2 aromatic heterocycles. The van der Waals surface area contributed by atoms with Gasteiger partial charge in [0.25, 0.3) is 5.91 Å². The van der Waals surface area contributed by atoms with Crippen molar-refractivity contribution in [2.24, 2.45) is 5.92 Å². The summed E-state index contributed by atoms with van der Waals surface area (Å²) in [7, 11) is 0. The first-order valence-electron chi connectivity index (χ1n) is 12.4. The lowest BCUT2D eigenvalue weighted by Crippen LogP contribution is -2.49. The fourth-order valence-electron chi connectivity index (χ4n) is 4.87. The summed E-state index contributed by atoms with van der Waals surface area (Å²) in [6.45, 7) is 5.49. The van der Waals surface area contributed by atoms with Crippen LogP contribution in [0.5, 0.6) is 0 Å². The Morgan fingerprint density at radius 2 is 1.89 bits per heavy atom. The number of benzene rings is 1. The molecule has 3 aromatic rings. The van der Waals surface area contributed by atoms with Crippen molar-refractivity contribution in [3.63, 3.8) is 0 Å². The van der Waals surface area contributed by atoms with Crippen molar-refractivity contribution in [2.75, 3.05) is 5.32 Å². The molecule has 2 N–H and O–H groups in total. The van der Waals surface area contributed by atoms with E-state index >= 15 is 4.39 Å². The Kier molecular flexibility index (Phi) is 7.67. The topological polar surface area (TPSA) is 103 Å². The maximum absolute atomic E-state index is 15.0. The van der Waals surface area contributed by atoms with E-state index in [0.717, 1.165) is 32.1 Å². The Morgan fingerprint density at radius 1 is 1.14 bits per heavy atom. The molecule has 9 heteroatoms. The molecule has 4 rings (SSSR count). The van der Waals surface area contributed by atoms with Gasteiger partial charge >= 0.3 is 0 Å². The number of hydrogen-bond acceptors (Lipinski definition) is 4. The van der Waals surface area contributed by atoms with Crippen molar-refractivity contribution < 1.29 is 18.7 Å². The summed E-state index contributed by atoms with van der Waals surface area (Å²) in [6, 6.07) is 8.50. The molecule has 8 nitrogen and oxygen atoms in total. The minimum atomic E-state index is -0.758. The van der Waals surface area contributed by atoms with Gasteiger partial charge in [0.05, 0.1) is 5.56 Å². The molecule has 1 atom stereocenters. The summed E-state index contributed by atoms with van der Waals surface area (Å²) in [4.78, 5) is 26.5. The number of pyridine rings is 1. The first kappa shape index (κ1) is 25.3. The molecule has 190 valence electrons. The first-order valence-corrected chi connectivity index (χ1v) is 12.4. The summed E-state index contributed by atoms with van der Waals surface area (Å²) in [6.07, 6.45) is 7.68. The molecule has 1 saturated carbocycles. The molecule has 0 saturated heterocycles. The molecule has 0 spiro atoms. The van der Waals surface area contributed by atoms with Crippen LogP contribution in [-0.4, -0.2) is 27.6 Å². The smallest absolute Gasteiger partial charge is 0.270 e. The van der Waals surface area contributed by atoms with Gasteiger partial charge in [-0.05, 0) is 62.9 Å². The standard InChI is InChI=1S/C27H32FN5O3/c1-17(2)33-24(13-14-29-33)26(34)31-25(19-8-5-4-6-9-19)27(35)30-20-11-12-22(23(28)16-20)21-10-7-15-32(36)18(21)3/h7,10-17,19,25H,4-6,8-9H2,1-3H3,(H,30,35)(H,31,34)/t25-/m0/s1. The monoisotopic (exact) mass is 493 g/mol. The molecule has 1 aromatic carbocycles. The van der Waals surface area contributed by atoms with E-state index in [1.165, 1.54) is 12.3 Å². The minimum Gasteiger partial charge on any atom is -0.618 e. The summed E-state index contributed by atoms with van der Waals surface area (Å²) < 4.78 is 17.3. The van der Waals surface area contributed by atoms with Crippen LogP contribution in [0.2, 0.25) is 0 Å². The number of carbonyl (C=O) groups excluding carboxylic acids is 2. The van der Waals surface area contributed by atoms with E-state index in [0.29, 0.717) is 21.7 Å². The van der Waals surface area contributed by atoms with Gasteiger partial charge in [-0.2, -0.15) is 9.83 Å². The Hall–Kier alpha value is -3.75. The molecule has 0 unspecified atom stereocenters. The summed E-state index contributed by atoms with van der Waals surface area (Å²) in [5, 5.41) is 21.8. The van der Waals surface area contributed by atoms with Gasteiger partial charge in [-0.3, -0.25) is 14.3 Å². The molecular formula is C27H32FN5O3. The van der Waals surface area contributed by atoms with Crippen LogP contribution < -0.4 is 15.4 Å². The van der Waals surface area contributed by atoms with Crippen LogP contribution in [0.15, 0.2) is 48.8 Å². The van der Waals surface area contributed by atoms with Crippen molar-refractivity contribution in [2.45, 2.75) is 65.0 Å². The van der Waals surface area contributed by atoms with Crippen LogP contribution in [0.4, 0.5) is 10.1 Å². The molecule has 36 heavy (non-hydrogen) atoms. The van der Waals surface area contributed by atoms with Gasteiger partial charge in [0.1, 0.15) is 17.6 Å². The van der Waals surface area contributed by atoms with E-state index in [2.05, 4.69) is 15.7 Å². The number of hydrogen-bond donors (Lipinski definition) is 2. The summed E-state index contributed by atoms with van der Waals surface area (Å²) in [5.74, 6) is -1.31. The lowest BCUT2D eigenvalue weighted by Gasteiger charge is -2.30. The Bertz CT molecular complexity index is 1250. The van der Waals surface area contributed by atoms with Gasteiger partial charge < -0.3 is 15.8 Å². The largest absolute Gasteiger partial charge is 0.618 e. The van der Waals surface area contributed by atoms with Gasteiger partial charge in [-0.1, -0.05) is 19.3 Å². The molecular weight excluding hydrogens is 461 g/mol. The number of amides is 2. The SMILES string of the molecule is Cc1c(-c2ccc(NC(=O)[C@@H](NC(=O)c3ccnn3C(C)C)C3CCCCC3)cc2F)ccc[n+]1[O-]. The maximum atomic E-state index is 15.0. The van der Waals surface area contributed by atoms with E-state index in [-0.39, 0.29) is 35.0 Å². The molecule has 1 aliphatic carbocycles. The average molecular weight is 494 g/mol. The number of carbonyl (C=O) groups is 2. The quantitative estimate of drug-likeness (QED) is 0.373. The Balaban J connectivity index is 1.55. The number of aromatic nitrogens is 3. The summed E-state index contributed by atoms with van der Waals surface area (Å²) >= 11 is 0. The van der Waals surface area contributed by atoms with Crippen molar-refractivity contribution in [1.29, 1.82) is 0 Å². The third-order valence-corrected chi connectivity index (χ3v) is 6.81. The third kappa shape index (κ3) is 5.40. The zero-order valence-corrected chi connectivity index (χ0v) is 20.8. The van der Waals surface area contributed by atoms with E-state index in [9.17, 15) is 14.8 Å². The summed E-state index contributed by atoms with van der Waals surface area (Å²) in [5.41, 5.74) is 1.82. The molecule has 2 amide bonds. The molecule has 2 heterocycles. The van der Waals surface area contributed by atoms with E-state index in [1.54, 1.807) is 48.1 Å². The van der Waals surface area contributed by atoms with Crippen LogP contribution in [0.3, 0.4) is 0 Å². The lowest BCUT2D eigenvalue weighted by atomic mass is 9.83. The molecule has 0 bridgehead atoms. The van der Waals surface area contributed by atoms with Crippen LogP contribution >= 0.6 is 0 Å². The van der Waals surface area contributed by atoms with Crippen LogP contribution in [0.25, 0.3) is 11.1 Å². The number of nitrogens with one attached hydrogen (secondary N) is 2. The second-order valence-electron chi connectivity index (χ2n) is 9.62. The molecule has 0 radical (unpaired) electrons. The maximum Gasteiger partial charge on any atom is 0.270 e. The fourth-order valence-corrected chi connectivity index (χ4v) is 4.87. The zero-order valence-electron chi connectivity index (χ0n) is 20.8. The van der Waals surface area contributed by atoms with Gasteiger partial charge in [0.15, 0.2) is 11.9 Å². The van der Waals surface area contributed by atoms with Crippen LogP contribution in [0.1, 0.15) is 68.2 Å². The minimum absolute atomic E-state index is 0.00598. The van der Waals surface area contributed by atoms with Gasteiger partial charge in [-0.15, -0.1) is 0 Å². The second kappa shape index (κ2) is 10.9. The van der Waals surface area contributed by atoms with Crippen molar-refractivity contribution in [3.05, 3.63) is 71.2 Å². The van der Waals surface area contributed by atoms with Crippen molar-refractivity contribution in [1.82, 2.24) is 15.1 Å². The third-order valence-electron chi connectivity index (χ3n) is 6.81. The lowest BCUT2D eigenvalue weighted by molar-refractivity contribution is -0.611. The van der Waals surface area contributed by atoms with E-state index < -0.39 is 11.9 Å². The van der Waals surface area contributed by atoms with Gasteiger partial charge in [0.2, 0.25) is 5.91 Å². The fraction of sp³-hybridized carbons (Fsp3) is 0.407. The Morgan fingerprint density at radius 3 is 2.58 bits per heavy atom. The predicted molar refractivity (Wildman–Crippen MR) is 135 cm³/mol. The molecule has 1 fully saturated rings. The Labute approximate surface area is 210 Å². The highest BCUT2D eigenvalue weighted by atomic mass is 19.1. The average Bonchev–Trinajstić information content (AvgIpc) is 3.36. The van der Waals surface area contributed by atoms with Crippen LogP contribution in [0, 0.1) is 23.9 Å². The predicted octanol–water partition coefficient (Wildman–Crippen LogP) is 4.53. The highest BCUT2D eigenvalue weighted by Crippen LogP contribution is 2.29. The highest BCUT2D eigenvalue weighted by Gasteiger charge is 2.32. The van der Waals surface area contributed by atoms with Gasteiger partial charge in [-0.25, -0.2) is 4.39 Å². The zero-order chi connectivity index (χ0) is 25.8. The van der Waals surface area contributed by atoms with Crippen molar-refractivity contribution >= 4 is 17.5 Å². The van der Waals surface area contributed by atoms with E-state index in [4.69, 9.17) is 0 Å². The number of halogens is 1. The molecule has 0 aliphatic heterocycles. The van der Waals surface area contributed by atoms with E-state index in [1.807, 2.05) is 13.8 Å². The highest BCUT2D eigenvalue weighted by molar-refractivity contribution is 6.00. The number of rotatable bonds is 7.